The van der Waals surface area contributed by atoms with E-state index in [9.17, 15) is 19.5 Å². The van der Waals surface area contributed by atoms with Crippen molar-refractivity contribution in [1.82, 2.24) is 0 Å². The molecule has 0 saturated carbocycles. The number of amides is 1. The number of aliphatic carboxylic acids is 1. The molecule has 0 radical (unpaired) electrons. The number of nitrogens with zero attached hydrogens (tertiary/aromatic N) is 1. The number of carbonyl (C=O) groups is 3. The molecule has 4 rings (SSSR count). The molecule has 1 heterocycles. The molecule has 1 unspecified atom stereocenters. The number of anilines is 1. The number of halogens is 1. The summed E-state index contributed by atoms with van der Waals surface area (Å²) in [4.78, 5) is 39.0. The van der Waals surface area contributed by atoms with E-state index in [0.717, 1.165) is 5.56 Å². The van der Waals surface area contributed by atoms with Crippen LogP contribution in [0.3, 0.4) is 0 Å². The molecule has 0 spiro atoms. The SMILES string of the molecule is CC(C)(C)c1ccc(C2/C(=C(/O)c3ccc(Cl)cc3)C(=O)C(=O)N2c2ccc(CC(=O)O)cc2)cc1. The summed E-state index contributed by atoms with van der Waals surface area (Å²) in [6.07, 6.45) is -0.159. The summed E-state index contributed by atoms with van der Waals surface area (Å²) in [5.41, 5.74) is 2.97. The summed E-state index contributed by atoms with van der Waals surface area (Å²) in [6.45, 7) is 6.27. The second-order valence-electron chi connectivity index (χ2n) is 9.78. The van der Waals surface area contributed by atoms with Crippen molar-refractivity contribution in [2.24, 2.45) is 0 Å². The molecule has 1 fully saturated rings. The van der Waals surface area contributed by atoms with Crippen molar-refractivity contribution in [2.45, 2.75) is 38.6 Å². The molecule has 1 atom stereocenters. The highest BCUT2D eigenvalue weighted by atomic mass is 35.5. The normalized spacial score (nSPS) is 17.4. The van der Waals surface area contributed by atoms with Crippen molar-refractivity contribution in [3.63, 3.8) is 0 Å². The van der Waals surface area contributed by atoms with Crippen LogP contribution in [-0.2, 0) is 26.2 Å². The minimum atomic E-state index is -0.968. The van der Waals surface area contributed by atoms with E-state index in [1.807, 2.05) is 24.3 Å². The molecule has 36 heavy (non-hydrogen) atoms. The van der Waals surface area contributed by atoms with E-state index in [1.54, 1.807) is 48.5 Å². The Morgan fingerprint density at radius 1 is 0.889 bits per heavy atom. The zero-order chi connectivity index (χ0) is 26.2. The van der Waals surface area contributed by atoms with Gasteiger partial charge in [0.15, 0.2) is 0 Å². The van der Waals surface area contributed by atoms with Gasteiger partial charge in [0.2, 0.25) is 0 Å². The first-order chi connectivity index (χ1) is 17.0. The first kappa shape index (κ1) is 25.2. The third-order valence-electron chi connectivity index (χ3n) is 6.22. The van der Waals surface area contributed by atoms with Crippen LogP contribution in [0.5, 0.6) is 0 Å². The van der Waals surface area contributed by atoms with Gasteiger partial charge in [-0.3, -0.25) is 19.3 Å². The van der Waals surface area contributed by atoms with Crippen molar-refractivity contribution in [3.05, 3.63) is 106 Å². The third-order valence-corrected chi connectivity index (χ3v) is 6.48. The number of Topliss-reactive ketones (excluding diaryl/α,β-unsaturated/α-hetero) is 1. The maximum atomic E-state index is 13.3. The maximum absolute atomic E-state index is 13.3. The Labute approximate surface area is 214 Å². The van der Waals surface area contributed by atoms with Gasteiger partial charge in [0.05, 0.1) is 18.0 Å². The van der Waals surface area contributed by atoms with E-state index < -0.39 is 23.7 Å². The molecule has 1 amide bonds. The van der Waals surface area contributed by atoms with Gasteiger partial charge >= 0.3 is 5.97 Å². The Morgan fingerprint density at radius 2 is 1.47 bits per heavy atom. The largest absolute Gasteiger partial charge is 0.507 e. The highest BCUT2D eigenvalue weighted by Crippen LogP contribution is 2.42. The van der Waals surface area contributed by atoms with Crippen molar-refractivity contribution >= 4 is 40.7 Å². The predicted octanol–water partition coefficient (Wildman–Crippen LogP) is 5.89. The lowest BCUT2D eigenvalue weighted by Gasteiger charge is -2.26. The lowest BCUT2D eigenvalue weighted by atomic mass is 9.85. The zero-order valence-corrected chi connectivity index (χ0v) is 20.9. The highest BCUT2D eigenvalue weighted by molar-refractivity contribution is 6.51. The van der Waals surface area contributed by atoms with E-state index in [4.69, 9.17) is 16.7 Å². The summed E-state index contributed by atoms with van der Waals surface area (Å²) in [5.74, 6) is -2.84. The summed E-state index contributed by atoms with van der Waals surface area (Å²) < 4.78 is 0. The molecule has 1 aliphatic rings. The lowest BCUT2D eigenvalue weighted by molar-refractivity contribution is -0.136. The Hall–Kier alpha value is -3.90. The van der Waals surface area contributed by atoms with Gasteiger partial charge in [-0.25, -0.2) is 0 Å². The number of benzene rings is 3. The number of ketones is 1. The van der Waals surface area contributed by atoms with E-state index >= 15 is 0 Å². The Balaban J connectivity index is 1.87. The minimum absolute atomic E-state index is 0.0274. The highest BCUT2D eigenvalue weighted by Gasteiger charge is 2.47. The molecule has 6 nitrogen and oxygen atoms in total. The fourth-order valence-electron chi connectivity index (χ4n) is 4.29. The van der Waals surface area contributed by atoms with Crippen molar-refractivity contribution < 1.29 is 24.6 Å². The summed E-state index contributed by atoms with van der Waals surface area (Å²) in [6, 6.07) is 19.6. The summed E-state index contributed by atoms with van der Waals surface area (Å²) in [5, 5.41) is 20.7. The van der Waals surface area contributed by atoms with Gasteiger partial charge in [-0.15, -0.1) is 0 Å². The first-order valence-corrected chi connectivity index (χ1v) is 11.8. The number of hydrogen-bond donors (Lipinski definition) is 2. The average Bonchev–Trinajstić information content (AvgIpc) is 3.09. The van der Waals surface area contributed by atoms with Gasteiger partial charge in [-0.2, -0.15) is 0 Å². The van der Waals surface area contributed by atoms with Gasteiger partial charge in [0.25, 0.3) is 11.7 Å². The number of aliphatic hydroxyl groups excluding tert-OH is 1. The Bertz CT molecular complexity index is 1350. The molecule has 3 aromatic rings. The molecule has 0 bridgehead atoms. The molecule has 2 N–H and O–H groups in total. The van der Waals surface area contributed by atoms with Crippen molar-refractivity contribution in [2.75, 3.05) is 4.90 Å². The first-order valence-electron chi connectivity index (χ1n) is 11.5. The van der Waals surface area contributed by atoms with E-state index in [2.05, 4.69) is 20.8 Å². The van der Waals surface area contributed by atoms with Crippen LogP contribution in [0, 0.1) is 0 Å². The van der Waals surface area contributed by atoms with Crippen LogP contribution in [0.2, 0.25) is 5.02 Å². The topological polar surface area (TPSA) is 94.9 Å². The Morgan fingerprint density at radius 3 is 2.00 bits per heavy atom. The molecule has 0 aromatic heterocycles. The molecule has 3 aromatic carbocycles. The van der Waals surface area contributed by atoms with Crippen LogP contribution in [0.1, 0.15) is 49.1 Å². The fourth-order valence-corrected chi connectivity index (χ4v) is 4.42. The number of carboxylic acids is 1. The van der Waals surface area contributed by atoms with Crippen molar-refractivity contribution in [1.29, 1.82) is 0 Å². The number of rotatable bonds is 5. The molecule has 1 saturated heterocycles. The lowest BCUT2D eigenvalue weighted by Crippen LogP contribution is -2.29. The summed E-state index contributed by atoms with van der Waals surface area (Å²) >= 11 is 5.99. The van der Waals surface area contributed by atoms with Crippen molar-refractivity contribution in [3.8, 4) is 0 Å². The van der Waals surface area contributed by atoms with Crippen LogP contribution >= 0.6 is 11.6 Å². The van der Waals surface area contributed by atoms with E-state index in [0.29, 0.717) is 27.4 Å². The van der Waals surface area contributed by atoms with E-state index in [-0.39, 0.29) is 23.2 Å². The minimum Gasteiger partial charge on any atom is -0.507 e. The van der Waals surface area contributed by atoms with Gasteiger partial charge in [0.1, 0.15) is 5.76 Å². The second-order valence-corrected chi connectivity index (χ2v) is 10.2. The monoisotopic (exact) mass is 503 g/mol. The van der Waals surface area contributed by atoms with Gasteiger partial charge in [-0.05, 0) is 58.5 Å². The smallest absolute Gasteiger partial charge is 0.307 e. The molecule has 0 aliphatic carbocycles. The quantitative estimate of drug-likeness (QED) is 0.257. The van der Waals surface area contributed by atoms with E-state index in [1.165, 1.54) is 4.90 Å². The second kappa shape index (κ2) is 9.63. The standard InChI is InChI=1S/C29H26ClNO5/c1-29(2,3)20-10-6-18(7-11-20)25-24(26(34)19-8-12-21(30)13-9-19)27(35)28(36)31(25)22-14-4-17(5-15-22)16-23(32)33/h4-15,25,34H,16H2,1-3H3,(H,32,33)/b26-24-. The maximum Gasteiger partial charge on any atom is 0.307 e. The number of hydrogen-bond acceptors (Lipinski definition) is 4. The molecule has 1 aliphatic heterocycles. The summed E-state index contributed by atoms with van der Waals surface area (Å²) in [7, 11) is 0. The third kappa shape index (κ3) is 4.90. The van der Waals surface area contributed by atoms with Crippen LogP contribution in [0.4, 0.5) is 5.69 Å². The van der Waals surface area contributed by atoms with Gasteiger partial charge in [-0.1, -0.05) is 68.8 Å². The average molecular weight is 504 g/mol. The molecular formula is C29H26ClNO5. The molecule has 184 valence electrons. The number of carbonyl (C=O) groups excluding carboxylic acids is 2. The van der Waals surface area contributed by atoms with Crippen LogP contribution < -0.4 is 4.90 Å². The fraction of sp³-hybridized carbons (Fsp3) is 0.207. The molecule has 7 heteroatoms. The predicted molar refractivity (Wildman–Crippen MR) is 139 cm³/mol. The molecular weight excluding hydrogens is 478 g/mol. The van der Waals surface area contributed by atoms with Crippen LogP contribution in [0.15, 0.2) is 78.4 Å². The zero-order valence-electron chi connectivity index (χ0n) is 20.2. The van der Waals surface area contributed by atoms with Gasteiger partial charge < -0.3 is 10.2 Å². The number of aliphatic hydroxyl groups is 1. The van der Waals surface area contributed by atoms with Crippen LogP contribution in [0.25, 0.3) is 5.76 Å². The van der Waals surface area contributed by atoms with Crippen LogP contribution in [-0.4, -0.2) is 27.9 Å². The Kier molecular flexibility index (Phi) is 6.74. The number of carboxylic acid groups (broad SMARTS) is 1. The van der Waals surface area contributed by atoms with Gasteiger partial charge in [0, 0.05) is 16.3 Å².